The monoisotopic (exact) mass is 528 g/mol. The Morgan fingerprint density at radius 2 is 1.53 bits per heavy atom. The van der Waals surface area contributed by atoms with Crippen LogP contribution in [0.5, 0.6) is 0 Å². The molecule has 0 saturated heterocycles. The van der Waals surface area contributed by atoms with Crippen LogP contribution in [0.4, 0.5) is 32.2 Å². The van der Waals surface area contributed by atoms with Crippen molar-refractivity contribution in [3.8, 4) is 11.1 Å². The Hall–Kier alpha value is -2.79. The van der Waals surface area contributed by atoms with Crippen molar-refractivity contribution in [2.75, 3.05) is 5.32 Å². The molecule has 3 aromatic rings. The number of nitrogens with two attached hydrogens (primary N) is 1. The van der Waals surface area contributed by atoms with Crippen molar-refractivity contribution in [3.63, 3.8) is 0 Å². The van der Waals surface area contributed by atoms with Gasteiger partial charge in [0.15, 0.2) is 0 Å². The van der Waals surface area contributed by atoms with Crippen LogP contribution in [-0.4, -0.2) is 22.2 Å². The molecular formula is C25H26F6N4S. The highest BCUT2D eigenvalue weighted by molar-refractivity contribution is 7.80. The number of benzene rings is 1. The Bertz CT molecular complexity index is 1100. The van der Waals surface area contributed by atoms with Gasteiger partial charge >= 0.3 is 12.4 Å². The van der Waals surface area contributed by atoms with Crippen LogP contribution in [0.25, 0.3) is 11.1 Å². The zero-order valence-electron chi connectivity index (χ0n) is 19.2. The minimum absolute atomic E-state index is 0.194. The number of alkyl halides is 6. The van der Waals surface area contributed by atoms with Crippen molar-refractivity contribution >= 4 is 18.4 Å². The largest absolute Gasteiger partial charge is 0.417 e. The molecule has 3 N–H and O–H groups in total. The number of anilines is 1. The number of thiol groups is 1. The molecule has 1 aliphatic carbocycles. The van der Waals surface area contributed by atoms with Crippen LogP contribution in [0.3, 0.4) is 0 Å². The molecule has 1 atom stereocenters. The summed E-state index contributed by atoms with van der Waals surface area (Å²) in [5.74, 6) is 0.532. The molecule has 0 amide bonds. The second-order valence-corrected chi connectivity index (χ2v) is 8.96. The Labute approximate surface area is 210 Å². The normalized spacial score (nSPS) is 15.6. The lowest BCUT2D eigenvalue weighted by Crippen LogP contribution is -2.29. The van der Waals surface area contributed by atoms with Crippen molar-refractivity contribution in [1.82, 2.24) is 9.97 Å². The van der Waals surface area contributed by atoms with E-state index in [1.807, 2.05) is 0 Å². The van der Waals surface area contributed by atoms with E-state index in [9.17, 15) is 26.3 Å². The van der Waals surface area contributed by atoms with Gasteiger partial charge in [0.25, 0.3) is 0 Å². The first kappa shape index (κ1) is 27.8. The number of hydrogen-bond acceptors (Lipinski definition) is 5. The maximum absolute atomic E-state index is 12.5. The molecule has 1 unspecified atom stereocenters. The van der Waals surface area contributed by atoms with Gasteiger partial charge in [-0.1, -0.05) is 31.4 Å². The fourth-order valence-electron chi connectivity index (χ4n) is 3.72. The number of nitrogens with zero attached hydrogens (tertiary/aromatic N) is 2. The fourth-order valence-corrected chi connectivity index (χ4v) is 3.87. The zero-order chi connectivity index (χ0) is 26.3. The Morgan fingerprint density at radius 1 is 0.861 bits per heavy atom. The predicted octanol–water partition coefficient (Wildman–Crippen LogP) is 7.44. The van der Waals surface area contributed by atoms with E-state index >= 15 is 0 Å². The van der Waals surface area contributed by atoms with Crippen LogP contribution in [-0.2, 0) is 6.18 Å². The lowest BCUT2D eigenvalue weighted by atomic mass is 9.95. The highest BCUT2D eigenvalue weighted by Crippen LogP contribution is 2.32. The summed E-state index contributed by atoms with van der Waals surface area (Å²) in [4.78, 5) is 8.28. The van der Waals surface area contributed by atoms with E-state index in [1.165, 1.54) is 37.6 Å². The maximum atomic E-state index is 12.5. The van der Waals surface area contributed by atoms with Gasteiger partial charge in [-0.3, -0.25) is 4.98 Å². The van der Waals surface area contributed by atoms with Gasteiger partial charge in [-0.25, -0.2) is 4.98 Å². The van der Waals surface area contributed by atoms with Crippen LogP contribution in [0.15, 0.2) is 65.8 Å². The van der Waals surface area contributed by atoms with E-state index in [1.54, 1.807) is 30.3 Å². The van der Waals surface area contributed by atoms with Gasteiger partial charge in [0.2, 0.25) is 0 Å². The molecule has 4 rings (SSSR count). The van der Waals surface area contributed by atoms with Crippen LogP contribution < -0.4 is 11.1 Å². The van der Waals surface area contributed by atoms with Gasteiger partial charge in [-0.05, 0) is 60.4 Å². The topological polar surface area (TPSA) is 63.8 Å². The van der Waals surface area contributed by atoms with Crippen LogP contribution in [0.2, 0.25) is 0 Å². The Kier molecular flexibility index (Phi) is 9.24. The van der Waals surface area contributed by atoms with Crippen molar-refractivity contribution in [1.29, 1.82) is 0 Å². The molecule has 4 nitrogen and oxygen atoms in total. The third kappa shape index (κ3) is 8.12. The summed E-state index contributed by atoms with van der Waals surface area (Å²) in [5.41, 5.74) is 5.67. The molecule has 11 heteroatoms. The molecule has 194 valence electrons. The van der Waals surface area contributed by atoms with Crippen molar-refractivity contribution in [2.45, 2.75) is 61.4 Å². The van der Waals surface area contributed by atoms with Crippen LogP contribution >= 0.6 is 12.6 Å². The average molecular weight is 529 g/mol. The molecule has 1 saturated carbocycles. The molecule has 0 aliphatic heterocycles. The molecule has 0 radical (unpaired) electrons. The summed E-state index contributed by atoms with van der Waals surface area (Å²) in [6, 6.07) is 10.8. The first-order chi connectivity index (χ1) is 16.9. The standard InChI is InChI=1S/C13H11F3N2S.C12H15F3N2/c14-13(15,16)12(17)11-7-9(5-6-18-11)8-1-3-10(19)4-2-8;13-12(14,15)9-6-7-11(16-8-9)17-10-4-2-1-3-5-10/h1-7,12,19H,17H2;6-8,10H,1-5H2,(H,16,17). The molecule has 2 aromatic heterocycles. The highest BCUT2D eigenvalue weighted by Gasteiger charge is 2.38. The highest BCUT2D eigenvalue weighted by atomic mass is 32.1. The van der Waals surface area contributed by atoms with Gasteiger partial charge in [0, 0.05) is 23.3 Å². The van der Waals surface area contributed by atoms with E-state index in [2.05, 4.69) is 27.9 Å². The van der Waals surface area contributed by atoms with Gasteiger partial charge in [0.05, 0.1) is 11.3 Å². The molecule has 1 aliphatic rings. The summed E-state index contributed by atoms with van der Waals surface area (Å²) < 4.78 is 74.6. The second-order valence-electron chi connectivity index (χ2n) is 8.44. The fraction of sp³-hybridized carbons (Fsp3) is 0.360. The third-order valence-corrected chi connectivity index (χ3v) is 6.00. The summed E-state index contributed by atoms with van der Waals surface area (Å²) in [6.07, 6.45) is -0.854. The van der Waals surface area contributed by atoms with E-state index in [0.29, 0.717) is 17.4 Å². The van der Waals surface area contributed by atoms with E-state index in [4.69, 9.17) is 5.73 Å². The lowest BCUT2D eigenvalue weighted by molar-refractivity contribution is -0.150. The number of hydrogen-bond donors (Lipinski definition) is 3. The van der Waals surface area contributed by atoms with Crippen LogP contribution in [0.1, 0.15) is 49.4 Å². The van der Waals surface area contributed by atoms with Gasteiger partial charge in [-0.2, -0.15) is 26.3 Å². The molecule has 1 fully saturated rings. The van der Waals surface area contributed by atoms with Crippen molar-refractivity contribution in [2.24, 2.45) is 5.73 Å². The SMILES string of the molecule is FC(F)(F)c1ccc(NC2CCCCC2)nc1.NC(c1cc(-c2ccc(S)cc2)ccn1)C(F)(F)F. The zero-order valence-corrected chi connectivity index (χ0v) is 20.0. The molecular weight excluding hydrogens is 502 g/mol. The second kappa shape index (κ2) is 12.0. The first-order valence-electron chi connectivity index (χ1n) is 11.3. The number of aromatic nitrogens is 2. The van der Waals surface area contributed by atoms with Crippen molar-refractivity contribution in [3.05, 3.63) is 72.2 Å². The summed E-state index contributed by atoms with van der Waals surface area (Å²) >= 11 is 4.15. The molecule has 0 spiro atoms. The number of pyridine rings is 2. The first-order valence-corrected chi connectivity index (χ1v) is 11.8. The minimum atomic E-state index is -4.50. The number of halogens is 6. The summed E-state index contributed by atoms with van der Waals surface area (Å²) in [6.45, 7) is 0. The maximum Gasteiger partial charge on any atom is 0.417 e. The minimum Gasteiger partial charge on any atom is -0.367 e. The molecule has 2 heterocycles. The summed E-state index contributed by atoms with van der Waals surface area (Å²) in [7, 11) is 0. The summed E-state index contributed by atoms with van der Waals surface area (Å²) in [5, 5.41) is 3.18. The molecule has 1 aromatic carbocycles. The van der Waals surface area contributed by atoms with E-state index in [-0.39, 0.29) is 5.69 Å². The Morgan fingerprint density at radius 3 is 2.08 bits per heavy atom. The Balaban J connectivity index is 0.000000202. The van der Waals surface area contributed by atoms with Gasteiger partial charge < -0.3 is 11.1 Å². The quantitative estimate of drug-likeness (QED) is 0.243. The predicted molar refractivity (Wildman–Crippen MR) is 130 cm³/mol. The van der Waals surface area contributed by atoms with E-state index < -0.39 is 24.0 Å². The van der Waals surface area contributed by atoms with Crippen LogP contribution in [0, 0.1) is 0 Å². The molecule has 36 heavy (non-hydrogen) atoms. The number of rotatable bonds is 4. The third-order valence-electron chi connectivity index (χ3n) is 5.70. The lowest BCUT2D eigenvalue weighted by Gasteiger charge is -2.23. The number of nitrogens with one attached hydrogen (secondary N) is 1. The van der Waals surface area contributed by atoms with Gasteiger partial charge in [0.1, 0.15) is 11.9 Å². The molecule has 0 bridgehead atoms. The van der Waals surface area contributed by atoms with Crippen molar-refractivity contribution < 1.29 is 26.3 Å². The average Bonchev–Trinajstić information content (AvgIpc) is 2.84. The van der Waals surface area contributed by atoms with Gasteiger partial charge in [-0.15, -0.1) is 12.6 Å². The van der Waals surface area contributed by atoms with E-state index in [0.717, 1.165) is 35.6 Å². The smallest absolute Gasteiger partial charge is 0.367 e.